The summed E-state index contributed by atoms with van der Waals surface area (Å²) in [5, 5.41) is 11.4. The van der Waals surface area contributed by atoms with Gasteiger partial charge in [0, 0.05) is 12.3 Å². The SMILES string of the molecule is CCC(C)Oc1ccc([N+](=O)[O-])c2cccnc12. The molecule has 0 bridgehead atoms. The molecule has 1 aromatic carbocycles. The Labute approximate surface area is 105 Å². The van der Waals surface area contributed by atoms with Crippen LogP contribution in [0.25, 0.3) is 10.9 Å². The van der Waals surface area contributed by atoms with Crippen LogP contribution in [0.3, 0.4) is 0 Å². The Bertz CT molecular complexity index is 583. The smallest absolute Gasteiger partial charge is 0.279 e. The van der Waals surface area contributed by atoms with E-state index in [0.717, 1.165) is 6.42 Å². The number of pyridine rings is 1. The number of nitro benzene ring substituents is 1. The number of hydrogen-bond acceptors (Lipinski definition) is 4. The van der Waals surface area contributed by atoms with Gasteiger partial charge in [0.1, 0.15) is 11.3 Å². The van der Waals surface area contributed by atoms with Crippen LogP contribution < -0.4 is 4.74 Å². The second-order valence-corrected chi connectivity index (χ2v) is 4.08. The van der Waals surface area contributed by atoms with Gasteiger partial charge < -0.3 is 4.74 Å². The molecule has 0 aliphatic rings. The minimum atomic E-state index is -0.406. The minimum absolute atomic E-state index is 0.0506. The molecule has 0 fully saturated rings. The second kappa shape index (κ2) is 5.00. The zero-order chi connectivity index (χ0) is 13.1. The van der Waals surface area contributed by atoms with Crippen LogP contribution >= 0.6 is 0 Å². The van der Waals surface area contributed by atoms with E-state index < -0.39 is 4.92 Å². The van der Waals surface area contributed by atoms with Crippen molar-refractivity contribution in [2.45, 2.75) is 26.4 Å². The average molecular weight is 246 g/mol. The molecule has 5 heteroatoms. The summed E-state index contributed by atoms with van der Waals surface area (Å²) in [6.07, 6.45) is 2.53. The fraction of sp³-hybridized carbons (Fsp3) is 0.308. The molecule has 0 saturated carbocycles. The molecule has 94 valence electrons. The Kier molecular flexibility index (Phi) is 3.41. The zero-order valence-electron chi connectivity index (χ0n) is 10.3. The number of ether oxygens (including phenoxy) is 1. The van der Waals surface area contributed by atoms with Gasteiger partial charge in [-0.05, 0) is 31.5 Å². The van der Waals surface area contributed by atoms with Crippen LogP contribution in [0, 0.1) is 10.1 Å². The standard InChI is InChI=1S/C13H14N2O3/c1-3-9(2)18-12-7-6-11(15(16)17)10-5-4-8-14-13(10)12/h4-9H,3H2,1-2H3. The molecule has 2 aromatic rings. The van der Waals surface area contributed by atoms with Gasteiger partial charge >= 0.3 is 0 Å². The lowest BCUT2D eigenvalue weighted by molar-refractivity contribution is -0.383. The molecule has 1 aromatic heterocycles. The van der Waals surface area contributed by atoms with Crippen molar-refractivity contribution in [2.24, 2.45) is 0 Å². The summed E-state index contributed by atoms with van der Waals surface area (Å²) in [6, 6.07) is 6.44. The second-order valence-electron chi connectivity index (χ2n) is 4.08. The summed E-state index contributed by atoms with van der Waals surface area (Å²) < 4.78 is 5.73. The van der Waals surface area contributed by atoms with E-state index in [0.29, 0.717) is 16.7 Å². The Morgan fingerprint density at radius 3 is 2.89 bits per heavy atom. The van der Waals surface area contributed by atoms with Crippen molar-refractivity contribution in [1.82, 2.24) is 4.98 Å². The first-order chi connectivity index (χ1) is 8.63. The molecule has 0 aliphatic heterocycles. The van der Waals surface area contributed by atoms with E-state index >= 15 is 0 Å². The maximum Gasteiger partial charge on any atom is 0.279 e. The Hall–Kier alpha value is -2.17. The topological polar surface area (TPSA) is 65.3 Å². The van der Waals surface area contributed by atoms with Crippen LogP contribution in [-0.2, 0) is 0 Å². The first-order valence-corrected chi connectivity index (χ1v) is 5.82. The Morgan fingerprint density at radius 1 is 1.44 bits per heavy atom. The lowest BCUT2D eigenvalue weighted by atomic mass is 10.1. The summed E-state index contributed by atoms with van der Waals surface area (Å²) in [6.45, 7) is 3.97. The van der Waals surface area contributed by atoms with Gasteiger partial charge in [-0.15, -0.1) is 0 Å². The summed E-state index contributed by atoms with van der Waals surface area (Å²) in [4.78, 5) is 14.7. The van der Waals surface area contributed by atoms with E-state index in [-0.39, 0.29) is 11.8 Å². The average Bonchev–Trinajstić information content (AvgIpc) is 2.38. The van der Waals surface area contributed by atoms with E-state index in [9.17, 15) is 10.1 Å². The maximum atomic E-state index is 10.9. The molecule has 18 heavy (non-hydrogen) atoms. The van der Waals surface area contributed by atoms with E-state index in [1.165, 1.54) is 6.07 Å². The normalized spacial score (nSPS) is 12.3. The monoisotopic (exact) mass is 246 g/mol. The third kappa shape index (κ3) is 2.25. The molecule has 0 saturated heterocycles. The maximum absolute atomic E-state index is 10.9. The first-order valence-electron chi connectivity index (χ1n) is 5.82. The van der Waals surface area contributed by atoms with Gasteiger partial charge in [-0.3, -0.25) is 15.1 Å². The van der Waals surface area contributed by atoms with Crippen molar-refractivity contribution in [2.75, 3.05) is 0 Å². The largest absolute Gasteiger partial charge is 0.488 e. The third-order valence-corrected chi connectivity index (χ3v) is 2.81. The lowest BCUT2D eigenvalue weighted by Crippen LogP contribution is -2.10. The van der Waals surface area contributed by atoms with Crippen molar-refractivity contribution in [3.05, 3.63) is 40.6 Å². The molecule has 0 N–H and O–H groups in total. The molecule has 5 nitrogen and oxygen atoms in total. The van der Waals surface area contributed by atoms with Crippen molar-refractivity contribution < 1.29 is 9.66 Å². The van der Waals surface area contributed by atoms with E-state index in [4.69, 9.17) is 4.74 Å². The predicted octanol–water partition coefficient (Wildman–Crippen LogP) is 3.32. The van der Waals surface area contributed by atoms with Crippen molar-refractivity contribution >= 4 is 16.6 Å². The van der Waals surface area contributed by atoms with Crippen LogP contribution in [-0.4, -0.2) is 16.0 Å². The van der Waals surface area contributed by atoms with Gasteiger partial charge in [0.15, 0.2) is 0 Å². The van der Waals surface area contributed by atoms with Gasteiger partial charge in [-0.1, -0.05) is 6.92 Å². The number of non-ortho nitro benzene ring substituents is 1. The van der Waals surface area contributed by atoms with Gasteiger partial charge in [0.05, 0.1) is 16.4 Å². The highest BCUT2D eigenvalue weighted by Gasteiger charge is 2.16. The molecule has 1 unspecified atom stereocenters. The highest BCUT2D eigenvalue weighted by atomic mass is 16.6. The third-order valence-electron chi connectivity index (χ3n) is 2.81. The zero-order valence-corrected chi connectivity index (χ0v) is 10.3. The summed E-state index contributed by atoms with van der Waals surface area (Å²) in [5.41, 5.74) is 0.585. The number of nitrogens with zero attached hydrogens (tertiary/aromatic N) is 2. The Morgan fingerprint density at radius 2 is 2.22 bits per heavy atom. The molecule has 0 radical (unpaired) electrons. The number of benzene rings is 1. The molecule has 1 atom stereocenters. The number of hydrogen-bond donors (Lipinski definition) is 0. The molecule has 2 rings (SSSR count). The molecule has 0 aliphatic carbocycles. The van der Waals surface area contributed by atoms with Crippen LogP contribution in [0.5, 0.6) is 5.75 Å². The number of aromatic nitrogens is 1. The van der Waals surface area contributed by atoms with Crippen molar-refractivity contribution in [1.29, 1.82) is 0 Å². The summed E-state index contributed by atoms with van der Waals surface area (Å²) in [7, 11) is 0. The fourth-order valence-electron chi connectivity index (χ4n) is 1.69. The van der Waals surface area contributed by atoms with E-state index in [1.807, 2.05) is 13.8 Å². The first kappa shape index (κ1) is 12.3. The molecular weight excluding hydrogens is 232 g/mol. The molecular formula is C13H14N2O3. The van der Waals surface area contributed by atoms with Crippen LogP contribution in [0.15, 0.2) is 30.5 Å². The van der Waals surface area contributed by atoms with Gasteiger partial charge in [-0.25, -0.2) is 0 Å². The van der Waals surface area contributed by atoms with Crippen LogP contribution in [0.1, 0.15) is 20.3 Å². The van der Waals surface area contributed by atoms with Crippen molar-refractivity contribution in [3.63, 3.8) is 0 Å². The number of rotatable bonds is 4. The highest BCUT2D eigenvalue weighted by molar-refractivity contribution is 5.92. The quantitative estimate of drug-likeness (QED) is 0.613. The number of fused-ring (bicyclic) bond motifs is 1. The lowest BCUT2D eigenvalue weighted by Gasteiger charge is -2.13. The van der Waals surface area contributed by atoms with Crippen LogP contribution in [0.2, 0.25) is 0 Å². The Balaban J connectivity index is 2.57. The molecule has 0 spiro atoms. The predicted molar refractivity (Wildman–Crippen MR) is 68.8 cm³/mol. The van der Waals surface area contributed by atoms with E-state index in [2.05, 4.69) is 4.98 Å². The van der Waals surface area contributed by atoms with Gasteiger partial charge in [0.25, 0.3) is 5.69 Å². The minimum Gasteiger partial charge on any atom is -0.488 e. The van der Waals surface area contributed by atoms with E-state index in [1.54, 1.807) is 24.4 Å². The van der Waals surface area contributed by atoms with Crippen molar-refractivity contribution in [3.8, 4) is 5.75 Å². The van der Waals surface area contributed by atoms with Crippen LogP contribution in [0.4, 0.5) is 5.69 Å². The van der Waals surface area contributed by atoms with Gasteiger partial charge in [0.2, 0.25) is 0 Å². The summed E-state index contributed by atoms with van der Waals surface area (Å²) >= 11 is 0. The van der Waals surface area contributed by atoms with Gasteiger partial charge in [-0.2, -0.15) is 0 Å². The molecule has 0 amide bonds. The summed E-state index contributed by atoms with van der Waals surface area (Å²) in [5.74, 6) is 0.588. The number of nitro groups is 1. The highest BCUT2D eigenvalue weighted by Crippen LogP contribution is 2.31. The fourth-order valence-corrected chi connectivity index (χ4v) is 1.69. The molecule has 1 heterocycles.